The standard InChI is InChI=1S/C28H35N3O/c1-18(16-29)25-23-15-21(11-14-24(23)30-26(25)20-7-5-4-6-8-20)28(2,3)27(32)31-17-19-9-12-22(31)13-10-19/h4-8,11,14-15,18-19,22,30H,9-10,12-13,16-17,29H2,1-3H3/t18-,19?,22?/m1/s1. The van der Waals surface area contributed by atoms with Crippen molar-refractivity contribution < 1.29 is 4.79 Å². The lowest BCUT2D eigenvalue weighted by Gasteiger charge is -2.47. The minimum atomic E-state index is -0.556. The summed E-state index contributed by atoms with van der Waals surface area (Å²) >= 11 is 0. The Labute approximate surface area is 191 Å². The monoisotopic (exact) mass is 429 g/mol. The fourth-order valence-electron chi connectivity index (χ4n) is 5.86. The number of amides is 1. The van der Waals surface area contributed by atoms with E-state index in [1.54, 1.807) is 0 Å². The van der Waals surface area contributed by atoms with Gasteiger partial charge < -0.3 is 15.6 Å². The van der Waals surface area contributed by atoms with E-state index in [1.165, 1.54) is 42.2 Å². The van der Waals surface area contributed by atoms with E-state index in [2.05, 4.69) is 73.1 Å². The van der Waals surface area contributed by atoms with Crippen LogP contribution in [0.5, 0.6) is 0 Å². The van der Waals surface area contributed by atoms with Crippen LogP contribution in [0.25, 0.3) is 22.2 Å². The topological polar surface area (TPSA) is 62.1 Å². The van der Waals surface area contributed by atoms with Crippen LogP contribution in [0.1, 0.15) is 63.5 Å². The normalized spacial score (nSPS) is 21.8. The van der Waals surface area contributed by atoms with Gasteiger partial charge in [-0.1, -0.05) is 43.3 Å². The quantitative estimate of drug-likeness (QED) is 0.556. The molecule has 4 nitrogen and oxygen atoms in total. The van der Waals surface area contributed by atoms with Crippen LogP contribution in [0.2, 0.25) is 0 Å². The SMILES string of the molecule is C[C@H](CN)c1c(-c2ccccc2)[nH]c2ccc(C(C)(C)C(=O)N3CC4CCC3CC4)cc12. The van der Waals surface area contributed by atoms with Crippen molar-refractivity contribution in [2.24, 2.45) is 11.7 Å². The average molecular weight is 430 g/mol. The number of carbonyl (C=O) groups excluding carboxylic acids is 1. The lowest BCUT2D eigenvalue weighted by molar-refractivity contribution is -0.144. The van der Waals surface area contributed by atoms with E-state index < -0.39 is 5.41 Å². The van der Waals surface area contributed by atoms with Crippen LogP contribution in [0, 0.1) is 5.92 Å². The smallest absolute Gasteiger partial charge is 0.232 e. The Kier molecular flexibility index (Phi) is 5.37. The minimum absolute atomic E-state index is 0.214. The van der Waals surface area contributed by atoms with Crippen LogP contribution in [-0.2, 0) is 10.2 Å². The van der Waals surface area contributed by atoms with Gasteiger partial charge in [0.05, 0.1) is 11.1 Å². The molecule has 3 aliphatic rings. The molecule has 3 fully saturated rings. The van der Waals surface area contributed by atoms with Gasteiger partial charge in [-0.25, -0.2) is 0 Å². The third kappa shape index (κ3) is 3.45. The van der Waals surface area contributed by atoms with Gasteiger partial charge in [-0.15, -0.1) is 0 Å². The number of H-pyrrole nitrogens is 1. The number of benzene rings is 2. The molecular formula is C28H35N3O. The molecule has 1 aromatic heterocycles. The molecule has 168 valence electrons. The maximum Gasteiger partial charge on any atom is 0.232 e. The zero-order valence-corrected chi connectivity index (χ0v) is 19.5. The van der Waals surface area contributed by atoms with E-state index in [9.17, 15) is 4.79 Å². The number of aromatic nitrogens is 1. The van der Waals surface area contributed by atoms with Crippen molar-refractivity contribution in [2.75, 3.05) is 13.1 Å². The number of hydrogen-bond acceptors (Lipinski definition) is 2. The second kappa shape index (κ2) is 8.08. The summed E-state index contributed by atoms with van der Waals surface area (Å²) in [6.07, 6.45) is 4.91. The summed E-state index contributed by atoms with van der Waals surface area (Å²) in [7, 11) is 0. The van der Waals surface area contributed by atoms with Gasteiger partial charge in [-0.2, -0.15) is 0 Å². The van der Waals surface area contributed by atoms with Crippen molar-refractivity contribution in [3.05, 3.63) is 59.7 Å². The molecule has 2 aromatic carbocycles. The van der Waals surface area contributed by atoms with Crippen LogP contribution in [0.15, 0.2) is 48.5 Å². The Morgan fingerprint density at radius 3 is 2.47 bits per heavy atom. The minimum Gasteiger partial charge on any atom is -0.354 e. The molecule has 3 heterocycles. The number of nitrogens with zero attached hydrogens (tertiary/aromatic N) is 1. The number of hydrogen-bond donors (Lipinski definition) is 2. The fraction of sp³-hybridized carbons (Fsp3) is 0.464. The van der Waals surface area contributed by atoms with Crippen LogP contribution in [0.4, 0.5) is 0 Å². The second-order valence-corrected chi connectivity index (χ2v) is 10.4. The summed E-state index contributed by atoms with van der Waals surface area (Å²) in [4.78, 5) is 19.6. The Morgan fingerprint density at radius 2 is 1.84 bits per heavy atom. The molecule has 2 saturated heterocycles. The van der Waals surface area contributed by atoms with Gasteiger partial charge in [0.15, 0.2) is 0 Å². The van der Waals surface area contributed by atoms with Crippen molar-refractivity contribution in [2.45, 2.75) is 63.8 Å². The van der Waals surface area contributed by atoms with Gasteiger partial charge in [0.25, 0.3) is 0 Å². The first-order valence-corrected chi connectivity index (χ1v) is 12.1. The van der Waals surface area contributed by atoms with Crippen molar-refractivity contribution in [1.29, 1.82) is 0 Å². The molecule has 4 heteroatoms. The fourth-order valence-corrected chi connectivity index (χ4v) is 5.86. The largest absolute Gasteiger partial charge is 0.354 e. The highest BCUT2D eigenvalue weighted by Crippen LogP contribution is 2.40. The van der Waals surface area contributed by atoms with Crippen LogP contribution >= 0.6 is 0 Å². The molecule has 32 heavy (non-hydrogen) atoms. The average Bonchev–Trinajstić information content (AvgIpc) is 3.23. The molecule has 1 saturated carbocycles. The summed E-state index contributed by atoms with van der Waals surface area (Å²) in [5.74, 6) is 1.18. The zero-order valence-electron chi connectivity index (χ0n) is 19.5. The molecule has 0 radical (unpaired) electrons. The molecular weight excluding hydrogens is 394 g/mol. The molecule has 3 aromatic rings. The third-order valence-corrected chi connectivity index (χ3v) is 7.98. The van der Waals surface area contributed by atoms with Crippen molar-refractivity contribution in [1.82, 2.24) is 9.88 Å². The molecule has 1 amide bonds. The maximum absolute atomic E-state index is 13.7. The van der Waals surface area contributed by atoms with Crippen LogP contribution < -0.4 is 5.73 Å². The van der Waals surface area contributed by atoms with E-state index in [0.29, 0.717) is 18.5 Å². The molecule has 6 rings (SSSR count). The molecule has 0 spiro atoms. The first-order valence-electron chi connectivity index (χ1n) is 12.1. The highest BCUT2D eigenvalue weighted by atomic mass is 16.2. The van der Waals surface area contributed by atoms with Gasteiger partial charge >= 0.3 is 0 Å². The predicted molar refractivity (Wildman–Crippen MR) is 132 cm³/mol. The predicted octanol–water partition coefficient (Wildman–Crippen LogP) is 5.58. The van der Waals surface area contributed by atoms with E-state index in [4.69, 9.17) is 5.73 Å². The summed E-state index contributed by atoms with van der Waals surface area (Å²) < 4.78 is 0. The van der Waals surface area contributed by atoms with E-state index >= 15 is 0 Å². The van der Waals surface area contributed by atoms with Crippen LogP contribution in [0.3, 0.4) is 0 Å². The van der Waals surface area contributed by atoms with Crippen molar-refractivity contribution >= 4 is 16.8 Å². The first kappa shape index (κ1) is 21.3. The van der Waals surface area contributed by atoms with Gasteiger partial charge in [0.2, 0.25) is 5.91 Å². The molecule has 1 atom stereocenters. The summed E-state index contributed by atoms with van der Waals surface area (Å²) in [5.41, 5.74) is 11.3. The van der Waals surface area contributed by atoms with Gasteiger partial charge in [0.1, 0.15) is 0 Å². The molecule has 3 N–H and O–H groups in total. The second-order valence-electron chi connectivity index (χ2n) is 10.4. The van der Waals surface area contributed by atoms with E-state index in [1.807, 2.05) is 6.07 Å². The molecule has 1 aliphatic carbocycles. The van der Waals surface area contributed by atoms with Crippen LogP contribution in [-0.4, -0.2) is 34.9 Å². The van der Waals surface area contributed by atoms with Crippen molar-refractivity contribution in [3.63, 3.8) is 0 Å². The van der Waals surface area contributed by atoms with E-state index in [0.717, 1.165) is 23.3 Å². The van der Waals surface area contributed by atoms with Gasteiger partial charge in [-0.3, -0.25) is 4.79 Å². The zero-order chi connectivity index (χ0) is 22.5. The number of aromatic amines is 1. The lowest BCUT2D eigenvalue weighted by atomic mass is 9.76. The first-order chi connectivity index (χ1) is 15.4. The summed E-state index contributed by atoms with van der Waals surface area (Å²) in [5, 5.41) is 1.18. The lowest BCUT2D eigenvalue weighted by Crippen LogP contribution is -2.55. The maximum atomic E-state index is 13.7. The highest BCUT2D eigenvalue weighted by molar-refractivity contribution is 5.94. The van der Waals surface area contributed by atoms with Gasteiger partial charge in [0, 0.05) is 23.5 Å². The number of rotatable bonds is 5. The number of nitrogens with one attached hydrogen (secondary N) is 1. The van der Waals surface area contributed by atoms with E-state index in [-0.39, 0.29) is 11.8 Å². The number of nitrogens with two attached hydrogens (primary N) is 1. The molecule has 2 aliphatic heterocycles. The highest BCUT2D eigenvalue weighted by Gasteiger charge is 2.42. The summed E-state index contributed by atoms with van der Waals surface area (Å²) in [6.45, 7) is 7.89. The number of piperidine rings is 2. The molecule has 2 bridgehead atoms. The Hall–Kier alpha value is -2.59. The van der Waals surface area contributed by atoms with Crippen molar-refractivity contribution in [3.8, 4) is 11.3 Å². The Morgan fingerprint density at radius 1 is 1.12 bits per heavy atom. The molecule has 0 unspecified atom stereocenters. The third-order valence-electron chi connectivity index (χ3n) is 7.98. The summed E-state index contributed by atoms with van der Waals surface area (Å²) in [6, 6.07) is 17.4. The number of fused-ring (bicyclic) bond motifs is 4. The van der Waals surface area contributed by atoms with Gasteiger partial charge in [-0.05, 0) is 86.7 Å². The Balaban J connectivity index is 1.57. The number of carbonyl (C=O) groups is 1. The Bertz CT molecular complexity index is 1120.